The molecular formula is C24H27F3N2O2. The number of ether oxygens (including phenoxy) is 1. The lowest BCUT2D eigenvalue weighted by atomic mass is 10.1. The topological polar surface area (TPSA) is 32.8 Å². The van der Waals surface area contributed by atoms with Crippen molar-refractivity contribution in [2.24, 2.45) is 0 Å². The summed E-state index contributed by atoms with van der Waals surface area (Å²) in [6.07, 6.45) is -0.311. The van der Waals surface area contributed by atoms with Crippen LogP contribution in [0.15, 0.2) is 60.7 Å². The van der Waals surface area contributed by atoms with Crippen molar-refractivity contribution < 1.29 is 22.7 Å². The van der Waals surface area contributed by atoms with E-state index < -0.39 is 11.7 Å². The lowest BCUT2D eigenvalue weighted by molar-refractivity contribution is -0.137. The molecule has 7 heteroatoms. The first-order chi connectivity index (χ1) is 14.9. The Kier molecular flexibility index (Phi) is 8.26. The van der Waals surface area contributed by atoms with Crippen molar-refractivity contribution in [1.29, 1.82) is 0 Å². The Morgan fingerprint density at radius 3 is 2.35 bits per heavy atom. The number of morpholine rings is 1. The van der Waals surface area contributed by atoms with E-state index in [0.29, 0.717) is 25.3 Å². The van der Waals surface area contributed by atoms with Gasteiger partial charge in [-0.1, -0.05) is 42.5 Å². The zero-order chi connectivity index (χ0) is 22.1. The first-order valence-electron chi connectivity index (χ1n) is 10.4. The van der Waals surface area contributed by atoms with Crippen LogP contribution >= 0.6 is 0 Å². The van der Waals surface area contributed by atoms with Crippen molar-refractivity contribution >= 4 is 12.0 Å². The van der Waals surface area contributed by atoms with Crippen LogP contribution in [0.5, 0.6) is 0 Å². The summed E-state index contributed by atoms with van der Waals surface area (Å²) in [5.74, 6) is -0.161. The number of hydrogen-bond acceptors (Lipinski definition) is 3. The van der Waals surface area contributed by atoms with Crippen molar-refractivity contribution in [1.82, 2.24) is 9.80 Å². The SMILES string of the molecule is O=C(/C=C/c1ccccc1)N(CCCN1CCOCC1)Cc1ccc(C(F)(F)F)cc1. The number of alkyl halides is 3. The molecule has 2 aromatic rings. The van der Waals surface area contributed by atoms with Crippen LogP contribution in [0.1, 0.15) is 23.1 Å². The van der Waals surface area contributed by atoms with E-state index in [4.69, 9.17) is 4.74 Å². The summed E-state index contributed by atoms with van der Waals surface area (Å²) in [5.41, 5.74) is 0.893. The van der Waals surface area contributed by atoms with Gasteiger partial charge < -0.3 is 9.64 Å². The highest BCUT2D eigenvalue weighted by atomic mass is 19.4. The minimum Gasteiger partial charge on any atom is -0.379 e. The molecule has 0 unspecified atom stereocenters. The van der Waals surface area contributed by atoms with Gasteiger partial charge >= 0.3 is 6.18 Å². The molecule has 4 nitrogen and oxygen atoms in total. The summed E-state index contributed by atoms with van der Waals surface area (Å²) in [7, 11) is 0. The van der Waals surface area contributed by atoms with Gasteiger partial charge in [0.1, 0.15) is 0 Å². The lowest BCUT2D eigenvalue weighted by Gasteiger charge is -2.28. The van der Waals surface area contributed by atoms with E-state index in [1.54, 1.807) is 11.0 Å². The van der Waals surface area contributed by atoms with Gasteiger partial charge in [0.2, 0.25) is 5.91 Å². The first kappa shape index (κ1) is 23.0. The summed E-state index contributed by atoms with van der Waals surface area (Å²) in [6.45, 7) is 4.82. The van der Waals surface area contributed by atoms with Crippen molar-refractivity contribution in [2.75, 3.05) is 39.4 Å². The van der Waals surface area contributed by atoms with Gasteiger partial charge in [0.25, 0.3) is 0 Å². The molecule has 1 fully saturated rings. The van der Waals surface area contributed by atoms with Crippen molar-refractivity contribution in [3.8, 4) is 0 Å². The predicted octanol–water partition coefficient (Wildman–Crippen LogP) is 4.47. The molecule has 166 valence electrons. The van der Waals surface area contributed by atoms with Crippen molar-refractivity contribution in [3.05, 3.63) is 77.4 Å². The summed E-state index contributed by atoms with van der Waals surface area (Å²) in [4.78, 5) is 16.8. The average molecular weight is 432 g/mol. The quantitative estimate of drug-likeness (QED) is 0.577. The zero-order valence-corrected chi connectivity index (χ0v) is 17.4. The molecule has 0 N–H and O–H groups in total. The Morgan fingerprint density at radius 2 is 1.71 bits per heavy atom. The fraction of sp³-hybridized carbons (Fsp3) is 0.375. The number of halogens is 3. The van der Waals surface area contributed by atoms with Gasteiger partial charge in [-0.15, -0.1) is 0 Å². The highest BCUT2D eigenvalue weighted by Crippen LogP contribution is 2.29. The number of nitrogens with zero attached hydrogens (tertiary/aromatic N) is 2. The van der Waals surface area contributed by atoms with Gasteiger partial charge in [0.15, 0.2) is 0 Å². The Morgan fingerprint density at radius 1 is 1.03 bits per heavy atom. The molecule has 1 amide bonds. The molecule has 0 aliphatic carbocycles. The zero-order valence-electron chi connectivity index (χ0n) is 17.4. The number of rotatable bonds is 8. The van der Waals surface area contributed by atoms with Crippen LogP contribution in [0.3, 0.4) is 0 Å². The van der Waals surface area contributed by atoms with Crippen LogP contribution in [0.4, 0.5) is 13.2 Å². The van der Waals surface area contributed by atoms with Crippen LogP contribution in [0.25, 0.3) is 6.08 Å². The number of amides is 1. The Hall–Kier alpha value is -2.64. The number of carbonyl (C=O) groups is 1. The van der Waals surface area contributed by atoms with Crippen LogP contribution in [-0.2, 0) is 22.3 Å². The second-order valence-corrected chi connectivity index (χ2v) is 7.51. The molecule has 0 spiro atoms. The molecule has 1 heterocycles. The third kappa shape index (κ3) is 7.52. The minimum atomic E-state index is -4.37. The Labute approximate surface area is 180 Å². The van der Waals surface area contributed by atoms with Gasteiger partial charge in [-0.3, -0.25) is 9.69 Å². The smallest absolute Gasteiger partial charge is 0.379 e. The summed E-state index contributed by atoms with van der Waals surface area (Å²) in [6, 6.07) is 14.5. The van der Waals surface area contributed by atoms with Gasteiger partial charge in [-0.05, 0) is 35.8 Å². The third-order valence-electron chi connectivity index (χ3n) is 5.19. The Balaban J connectivity index is 1.65. The molecule has 0 aromatic heterocycles. The van der Waals surface area contributed by atoms with Crippen LogP contribution in [0.2, 0.25) is 0 Å². The summed E-state index contributed by atoms with van der Waals surface area (Å²) in [5, 5.41) is 0. The molecule has 0 bridgehead atoms. The standard InChI is InChI=1S/C24H27F3N2O2/c25-24(26,27)22-10-7-21(8-11-22)19-29(14-4-13-28-15-17-31-18-16-28)23(30)12-9-20-5-2-1-3-6-20/h1-3,5-12H,4,13-19H2/b12-9+. The molecule has 0 atom stereocenters. The predicted molar refractivity (Wildman–Crippen MR) is 114 cm³/mol. The average Bonchev–Trinajstić information content (AvgIpc) is 2.78. The van der Waals surface area contributed by atoms with E-state index in [1.165, 1.54) is 18.2 Å². The number of hydrogen-bond donors (Lipinski definition) is 0. The van der Waals surface area contributed by atoms with Crippen molar-refractivity contribution in [3.63, 3.8) is 0 Å². The van der Waals surface area contributed by atoms with E-state index in [1.807, 2.05) is 30.3 Å². The number of benzene rings is 2. The lowest BCUT2D eigenvalue weighted by Crippen LogP contribution is -2.38. The molecule has 1 aliphatic rings. The molecule has 31 heavy (non-hydrogen) atoms. The van der Waals surface area contributed by atoms with Crippen molar-refractivity contribution in [2.45, 2.75) is 19.1 Å². The van der Waals surface area contributed by atoms with Crippen LogP contribution < -0.4 is 0 Å². The maximum absolute atomic E-state index is 12.9. The van der Waals surface area contributed by atoms with E-state index in [-0.39, 0.29) is 12.5 Å². The molecule has 1 saturated heterocycles. The number of carbonyl (C=O) groups excluding carboxylic acids is 1. The largest absolute Gasteiger partial charge is 0.416 e. The van der Waals surface area contributed by atoms with Gasteiger partial charge in [-0.25, -0.2) is 0 Å². The maximum Gasteiger partial charge on any atom is 0.416 e. The van der Waals surface area contributed by atoms with E-state index in [2.05, 4.69) is 4.90 Å². The van der Waals surface area contributed by atoms with E-state index in [0.717, 1.165) is 43.8 Å². The maximum atomic E-state index is 12.9. The minimum absolute atomic E-state index is 0.161. The highest BCUT2D eigenvalue weighted by molar-refractivity contribution is 5.91. The third-order valence-corrected chi connectivity index (χ3v) is 5.19. The second-order valence-electron chi connectivity index (χ2n) is 7.51. The molecule has 2 aromatic carbocycles. The van der Waals surface area contributed by atoms with Crippen LogP contribution in [-0.4, -0.2) is 55.1 Å². The van der Waals surface area contributed by atoms with E-state index in [9.17, 15) is 18.0 Å². The molecule has 0 radical (unpaired) electrons. The first-order valence-corrected chi connectivity index (χ1v) is 10.4. The van der Waals surface area contributed by atoms with Gasteiger partial charge in [0.05, 0.1) is 18.8 Å². The fourth-order valence-electron chi connectivity index (χ4n) is 3.43. The van der Waals surface area contributed by atoms with Crippen LogP contribution in [0, 0.1) is 0 Å². The second kappa shape index (κ2) is 11.1. The van der Waals surface area contributed by atoms with Gasteiger partial charge in [-0.2, -0.15) is 13.2 Å². The molecular weight excluding hydrogens is 405 g/mol. The summed E-state index contributed by atoms with van der Waals surface area (Å²) < 4.78 is 43.8. The molecule has 3 rings (SSSR count). The highest BCUT2D eigenvalue weighted by Gasteiger charge is 2.30. The fourth-order valence-corrected chi connectivity index (χ4v) is 3.43. The van der Waals surface area contributed by atoms with Gasteiger partial charge in [0, 0.05) is 38.8 Å². The molecule has 1 aliphatic heterocycles. The normalized spacial score (nSPS) is 15.3. The Bertz CT molecular complexity index is 845. The monoisotopic (exact) mass is 432 g/mol. The molecule has 0 saturated carbocycles. The van der Waals surface area contributed by atoms with E-state index >= 15 is 0 Å². The summed E-state index contributed by atoms with van der Waals surface area (Å²) >= 11 is 0.